The molecule has 0 spiro atoms. The monoisotopic (exact) mass is 400 g/mol. The van der Waals surface area contributed by atoms with Gasteiger partial charge in [-0.1, -0.05) is 58.4 Å². The molecule has 6 heteroatoms. The molecule has 0 bridgehead atoms. The largest absolute Gasteiger partial charge is 0.441 e. The summed E-state index contributed by atoms with van der Waals surface area (Å²) in [6.45, 7) is 3.54. The highest BCUT2D eigenvalue weighted by molar-refractivity contribution is 9.10. The third-order valence-corrected chi connectivity index (χ3v) is 4.15. The van der Waals surface area contributed by atoms with Gasteiger partial charge in [0.05, 0.1) is 0 Å². The number of hydrogen-bond donors (Lipinski definition) is 1. The van der Waals surface area contributed by atoms with Gasteiger partial charge in [0, 0.05) is 17.0 Å². The normalized spacial score (nSPS) is 11.8. The third-order valence-electron chi connectivity index (χ3n) is 3.62. The number of anilines is 1. The van der Waals surface area contributed by atoms with Crippen molar-refractivity contribution in [1.29, 1.82) is 0 Å². The Kier molecular flexibility index (Phi) is 5.19. The SMILES string of the molecule is Cc1nc(-c2ccc(Br)cc2)c(NC(=O)OC(C)c2ccccc2)o1. The molecule has 0 aliphatic carbocycles. The van der Waals surface area contributed by atoms with Crippen molar-refractivity contribution < 1.29 is 13.9 Å². The second kappa shape index (κ2) is 7.53. The average Bonchev–Trinajstić information content (AvgIpc) is 2.96. The van der Waals surface area contributed by atoms with Gasteiger partial charge in [-0.25, -0.2) is 9.78 Å². The van der Waals surface area contributed by atoms with Crippen LogP contribution in [0.25, 0.3) is 11.3 Å². The lowest BCUT2D eigenvalue weighted by atomic mass is 10.1. The number of rotatable bonds is 4. The highest BCUT2D eigenvalue weighted by Crippen LogP contribution is 2.29. The third kappa shape index (κ3) is 4.28. The lowest BCUT2D eigenvalue weighted by molar-refractivity contribution is 0.120. The Hall–Kier alpha value is -2.60. The molecule has 0 fully saturated rings. The molecule has 0 saturated heterocycles. The lowest BCUT2D eigenvalue weighted by Crippen LogP contribution is -2.16. The molecule has 0 radical (unpaired) electrons. The van der Waals surface area contributed by atoms with Gasteiger partial charge in [0.1, 0.15) is 11.8 Å². The van der Waals surface area contributed by atoms with E-state index in [1.54, 1.807) is 6.92 Å². The van der Waals surface area contributed by atoms with E-state index in [0.29, 0.717) is 11.6 Å². The minimum atomic E-state index is -0.592. The van der Waals surface area contributed by atoms with Crippen LogP contribution < -0.4 is 5.32 Å². The fourth-order valence-corrected chi connectivity index (χ4v) is 2.65. The number of benzene rings is 2. The number of amides is 1. The summed E-state index contributed by atoms with van der Waals surface area (Å²) in [6.07, 6.45) is -0.966. The zero-order valence-electron chi connectivity index (χ0n) is 13.8. The summed E-state index contributed by atoms with van der Waals surface area (Å²) in [5.41, 5.74) is 2.32. The molecule has 25 heavy (non-hydrogen) atoms. The maximum absolute atomic E-state index is 12.2. The van der Waals surface area contributed by atoms with E-state index in [9.17, 15) is 4.79 Å². The maximum atomic E-state index is 12.2. The molecule has 1 amide bonds. The second-order valence-electron chi connectivity index (χ2n) is 5.50. The summed E-state index contributed by atoms with van der Waals surface area (Å²) in [5, 5.41) is 2.64. The van der Waals surface area contributed by atoms with Crippen molar-refractivity contribution in [1.82, 2.24) is 4.98 Å². The lowest BCUT2D eigenvalue weighted by Gasteiger charge is -2.13. The van der Waals surface area contributed by atoms with E-state index in [4.69, 9.17) is 9.15 Å². The number of aryl methyl sites for hydroxylation is 1. The zero-order chi connectivity index (χ0) is 17.8. The Bertz CT molecular complexity index is 860. The van der Waals surface area contributed by atoms with Crippen LogP contribution in [0.4, 0.5) is 10.7 Å². The van der Waals surface area contributed by atoms with Gasteiger partial charge in [0.2, 0.25) is 5.88 Å². The van der Waals surface area contributed by atoms with Crippen LogP contribution in [0.3, 0.4) is 0 Å². The van der Waals surface area contributed by atoms with E-state index >= 15 is 0 Å². The number of halogens is 1. The molecule has 1 heterocycles. The quantitative estimate of drug-likeness (QED) is 0.607. The molecule has 0 aliphatic heterocycles. The summed E-state index contributed by atoms with van der Waals surface area (Å²) in [5.74, 6) is 0.731. The van der Waals surface area contributed by atoms with Crippen molar-refractivity contribution in [2.45, 2.75) is 20.0 Å². The van der Waals surface area contributed by atoms with Crippen LogP contribution in [-0.4, -0.2) is 11.1 Å². The number of ether oxygens (including phenoxy) is 1. The van der Waals surface area contributed by atoms with Crippen LogP contribution in [-0.2, 0) is 4.74 Å². The first kappa shape index (κ1) is 17.2. The van der Waals surface area contributed by atoms with Crippen molar-refractivity contribution in [3.05, 3.63) is 70.5 Å². The zero-order valence-corrected chi connectivity index (χ0v) is 15.4. The van der Waals surface area contributed by atoms with Crippen LogP contribution in [0.15, 0.2) is 63.5 Å². The maximum Gasteiger partial charge on any atom is 0.414 e. The molecule has 1 atom stereocenters. The van der Waals surface area contributed by atoms with Gasteiger partial charge < -0.3 is 9.15 Å². The number of hydrogen-bond acceptors (Lipinski definition) is 4. The minimum absolute atomic E-state index is 0.269. The molecule has 2 aromatic carbocycles. The Labute approximate surface area is 154 Å². The molecule has 5 nitrogen and oxygen atoms in total. The number of oxazole rings is 1. The summed E-state index contributed by atoms with van der Waals surface area (Å²) in [7, 11) is 0. The summed E-state index contributed by atoms with van der Waals surface area (Å²) in [4.78, 5) is 16.6. The second-order valence-corrected chi connectivity index (χ2v) is 6.42. The number of aromatic nitrogens is 1. The molecule has 1 N–H and O–H groups in total. The molecular formula is C19H17BrN2O3. The molecule has 128 valence electrons. The highest BCUT2D eigenvalue weighted by Gasteiger charge is 2.18. The fourth-order valence-electron chi connectivity index (χ4n) is 2.39. The van der Waals surface area contributed by atoms with Crippen molar-refractivity contribution in [2.75, 3.05) is 5.32 Å². The number of carbonyl (C=O) groups excluding carboxylic acids is 1. The average molecular weight is 401 g/mol. The fraction of sp³-hybridized carbons (Fsp3) is 0.158. The standard InChI is InChI=1S/C19H17BrN2O3/c1-12(14-6-4-3-5-7-14)24-19(23)22-18-17(21-13(2)25-18)15-8-10-16(20)11-9-15/h3-12H,1-2H3,(H,22,23). The first-order valence-corrected chi connectivity index (χ1v) is 8.58. The van der Waals surface area contributed by atoms with E-state index in [-0.39, 0.29) is 12.0 Å². The Morgan fingerprint density at radius 2 is 1.84 bits per heavy atom. The molecule has 3 aromatic rings. The summed E-state index contributed by atoms with van der Waals surface area (Å²) in [6, 6.07) is 17.1. The van der Waals surface area contributed by atoms with Crippen LogP contribution in [0, 0.1) is 6.92 Å². The molecular weight excluding hydrogens is 384 g/mol. The number of carbonyl (C=O) groups is 1. The van der Waals surface area contributed by atoms with Crippen molar-refractivity contribution in [3.8, 4) is 11.3 Å². The Morgan fingerprint density at radius 1 is 1.16 bits per heavy atom. The number of nitrogens with one attached hydrogen (secondary N) is 1. The molecule has 1 aromatic heterocycles. The topological polar surface area (TPSA) is 64.4 Å². The van der Waals surface area contributed by atoms with Crippen LogP contribution >= 0.6 is 15.9 Å². The first-order chi connectivity index (χ1) is 12.0. The molecule has 0 aliphatic rings. The smallest absolute Gasteiger partial charge is 0.414 e. The van der Waals surface area contributed by atoms with Gasteiger partial charge >= 0.3 is 6.09 Å². The van der Waals surface area contributed by atoms with Gasteiger partial charge in [0.15, 0.2) is 5.89 Å². The van der Waals surface area contributed by atoms with E-state index in [2.05, 4.69) is 26.2 Å². The number of nitrogens with zero attached hydrogens (tertiary/aromatic N) is 1. The predicted molar refractivity (Wildman–Crippen MR) is 99.3 cm³/mol. The van der Waals surface area contributed by atoms with Crippen molar-refractivity contribution in [2.24, 2.45) is 0 Å². The molecule has 1 unspecified atom stereocenters. The van der Waals surface area contributed by atoms with E-state index in [1.165, 1.54) is 0 Å². The van der Waals surface area contributed by atoms with E-state index in [1.807, 2.05) is 61.5 Å². The van der Waals surface area contributed by atoms with Crippen LogP contribution in [0.5, 0.6) is 0 Å². The van der Waals surface area contributed by atoms with Crippen LogP contribution in [0.1, 0.15) is 24.5 Å². The van der Waals surface area contributed by atoms with Gasteiger partial charge in [-0.3, -0.25) is 5.32 Å². The van der Waals surface area contributed by atoms with Crippen LogP contribution in [0.2, 0.25) is 0 Å². The Balaban J connectivity index is 1.74. The summed E-state index contributed by atoms with van der Waals surface area (Å²) >= 11 is 3.40. The highest BCUT2D eigenvalue weighted by atomic mass is 79.9. The Morgan fingerprint density at radius 3 is 2.52 bits per heavy atom. The van der Waals surface area contributed by atoms with Crippen molar-refractivity contribution >= 4 is 27.9 Å². The van der Waals surface area contributed by atoms with E-state index < -0.39 is 6.09 Å². The van der Waals surface area contributed by atoms with Gasteiger partial charge in [-0.15, -0.1) is 0 Å². The predicted octanol–water partition coefficient (Wildman–Crippen LogP) is 5.72. The van der Waals surface area contributed by atoms with Gasteiger partial charge in [0.25, 0.3) is 0 Å². The molecule has 0 saturated carbocycles. The summed E-state index contributed by atoms with van der Waals surface area (Å²) < 4.78 is 11.9. The van der Waals surface area contributed by atoms with Crippen molar-refractivity contribution in [3.63, 3.8) is 0 Å². The van der Waals surface area contributed by atoms with E-state index in [0.717, 1.165) is 15.6 Å². The molecule has 3 rings (SSSR count). The van der Waals surface area contributed by atoms with Gasteiger partial charge in [-0.05, 0) is 24.6 Å². The first-order valence-electron chi connectivity index (χ1n) is 7.79. The van der Waals surface area contributed by atoms with Gasteiger partial charge in [-0.2, -0.15) is 0 Å². The minimum Gasteiger partial charge on any atom is -0.441 e.